The van der Waals surface area contributed by atoms with Crippen LogP contribution in [0.3, 0.4) is 0 Å². The van der Waals surface area contributed by atoms with Crippen molar-refractivity contribution in [1.29, 1.82) is 5.26 Å². The van der Waals surface area contributed by atoms with Crippen molar-refractivity contribution >= 4 is 5.97 Å². The van der Waals surface area contributed by atoms with Crippen LogP contribution in [0.4, 0.5) is 0 Å². The predicted octanol–water partition coefficient (Wildman–Crippen LogP) is 4.30. The average Bonchev–Trinajstić information content (AvgIpc) is 2.40. The molecule has 0 N–H and O–H groups in total. The number of allylic oxidation sites excluding steroid dienone is 4. The summed E-state index contributed by atoms with van der Waals surface area (Å²) in [6, 6.07) is 2.01. The molecule has 0 saturated carbocycles. The van der Waals surface area contributed by atoms with Gasteiger partial charge in [-0.05, 0) is 46.8 Å². The highest BCUT2D eigenvalue weighted by Crippen LogP contribution is 2.12. The van der Waals surface area contributed by atoms with Crippen molar-refractivity contribution in [2.24, 2.45) is 0 Å². The van der Waals surface area contributed by atoms with Crippen molar-refractivity contribution in [3.63, 3.8) is 0 Å². The Morgan fingerprint density at radius 1 is 1.00 bits per heavy atom. The van der Waals surface area contributed by atoms with E-state index in [9.17, 15) is 4.79 Å². The van der Waals surface area contributed by atoms with Gasteiger partial charge in [-0.2, -0.15) is 5.26 Å². The first-order valence-corrected chi connectivity index (χ1v) is 7.23. The van der Waals surface area contributed by atoms with E-state index in [1.165, 1.54) is 12.2 Å². The largest absolute Gasteiger partial charge is 0.490 e. The minimum atomic E-state index is -0.480. The zero-order valence-electron chi connectivity index (χ0n) is 14.1. The lowest BCUT2D eigenvalue weighted by atomic mass is 10.2. The van der Waals surface area contributed by atoms with Crippen molar-refractivity contribution in [3.05, 3.63) is 35.6 Å². The van der Waals surface area contributed by atoms with E-state index in [-0.39, 0.29) is 17.8 Å². The first kappa shape index (κ1) is 21.3. The third-order valence-electron chi connectivity index (χ3n) is 1.80. The second-order valence-electron chi connectivity index (χ2n) is 4.38. The number of hydrogen-bond donors (Lipinski definition) is 0. The van der Waals surface area contributed by atoms with Crippen molar-refractivity contribution in [2.75, 3.05) is 0 Å². The Labute approximate surface area is 128 Å². The number of nitrogens with zero attached hydrogens (tertiary/aromatic N) is 1. The molecular weight excluding hydrogens is 266 g/mol. The molecule has 0 saturated heterocycles. The van der Waals surface area contributed by atoms with Crippen molar-refractivity contribution < 1.29 is 14.3 Å². The van der Waals surface area contributed by atoms with E-state index in [0.29, 0.717) is 5.76 Å². The zero-order valence-corrected chi connectivity index (χ0v) is 14.1. The van der Waals surface area contributed by atoms with Gasteiger partial charge in [0, 0.05) is 6.08 Å². The third kappa shape index (κ3) is 11.5. The zero-order chi connectivity index (χ0) is 16.8. The van der Waals surface area contributed by atoms with Gasteiger partial charge in [0.05, 0.1) is 17.8 Å². The molecule has 0 heterocycles. The van der Waals surface area contributed by atoms with Crippen molar-refractivity contribution in [3.8, 4) is 6.07 Å². The van der Waals surface area contributed by atoms with Crippen molar-refractivity contribution in [2.45, 2.75) is 60.7 Å². The summed E-state index contributed by atoms with van der Waals surface area (Å²) in [4.78, 5) is 11.4. The maximum Gasteiger partial charge on any atom is 0.331 e. The Balaban J connectivity index is 0. The molecule has 0 aliphatic carbocycles. The number of carbonyl (C=O) groups excluding carboxylic acids is 1. The lowest BCUT2D eigenvalue weighted by Crippen LogP contribution is -2.08. The minimum Gasteiger partial charge on any atom is -0.490 e. The molecule has 4 nitrogen and oxygen atoms in total. The van der Waals surface area contributed by atoms with Gasteiger partial charge in [0.2, 0.25) is 0 Å². The smallest absolute Gasteiger partial charge is 0.331 e. The van der Waals surface area contributed by atoms with Crippen LogP contribution in [0, 0.1) is 11.3 Å². The van der Waals surface area contributed by atoms with Gasteiger partial charge in [-0.1, -0.05) is 19.9 Å². The molecule has 0 aliphatic heterocycles. The lowest BCUT2D eigenvalue weighted by molar-refractivity contribution is -0.141. The van der Waals surface area contributed by atoms with Crippen LogP contribution < -0.4 is 0 Å². The van der Waals surface area contributed by atoms with E-state index in [1.54, 1.807) is 26.0 Å². The highest BCUT2D eigenvalue weighted by Gasteiger charge is 2.06. The summed E-state index contributed by atoms with van der Waals surface area (Å²) in [5.74, 6) is -0.0410. The topological polar surface area (TPSA) is 59.3 Å². The number of hydrogen-bond acceptors (Lipinski definition) is 4. The summed E-state index contributed by atoms with van der Waals surface area (Å²) in [7, 11) is 0. The lowest BCUT2D eigenvalue weighted by Gasteiger charge is -2.11. The molecule has 0 fully saturated rings. The van der Waals surface area contributed by atoms with E-state index >= 15 is 0 Å². The second kappa shape index (κ2) is 13.0. The molecule has 118 valence electrons. The van der Waals surface area contributed by atoms with Crippen LogP contribution in [-0.4, -0.2) is 18.2 Å². The summed E-state index contributed by atoms with van der Waals surface area (Å²) in [5, 5.41) is 9.11. The average molecular weight is 293 g/mol. The fraction of sp³-hybridized carbons (Fsp3) is 0.529. The van der Waals surface area contributed by atoms with Crippen LogP contribution in [0.5, 0.6) is 0 Å². The van der Waals surface area contributed by atoms with Crippen LogP contribution in [0.15, 0.2) is 35.6 Å². The van der Waals surface area contributed by atoms with E-state index in [1.807, 2.05) is 40.7 Å². The monoisotopic (exact) mass is 293 g/mol. The quantitative estimate of drug-likeness (QED) is 0.241. The standard InChI is InChI=1S/C15H21NO3.C2H6/c1-6-7-14(18-11(2)3)13(10-16)8-9-15(17)19-12(4)5;1-2/h6-9,11-12H,1-5H3;1-2H3/b7-6-,9-8+,14-13-;. The third-order valence-corrected chi connectivity index (χ3v) is 1.80. The van der Waals surface area contributed by atoms with Gasteiger partial charge in [0.1, 0.15) is 11.8 Å². The molecule has 21 heavy (non-hydrogen) atoms. The summed E-state index contributed by atoms with van der Waals surface area (Å²) in [6.07, 6.45) is 5.86. The van der Waals surface area contributed by atoms with E-state index in [2.05, 4.69) is 0 Å². The summed E-state index contributed by atoms with van der Waals surface area (Å²) >= 11 is 0. The molecule has 0 radical (unpaired) electrons. The molecule has 4 heteroatoms. The SMILES string of the molecule is CC.C\C=C/C(OC(C)C)=C(C#N)\C=C\C(=O)OC(C)C. The normalized spacial score (nSPS) is 12.0. The van der Waals surface area contributed by atoms with Crippen LogP contribution in [0.1, 0.15) is 48.5 Å². The number of carbonyl (C=O) groups is 1. The molecule has 0 aromatic carbocycles. The highest BCUT2D eigenvalue weighted by atomic mass is 16.5. The number of rotatable bonds is 6. The Hall–Kier alpha value is -2.02. The molecule has 0 unspecified atom stereocenters. The summed E-state index contributed by atoms with van der Waals surface area (Å²) in [6.45, 7) is 13.1. The van der Waals surface area contributed by atoms with Gasteiger partial charge in [0.15, 0.2) is 0 Å². The Morgan fingerprint density at radius 2 is 1.52 bits per heavy atom. The van der Waals surface area contributed by atoms with Crippen molar-refractivity contribution in [1.82, 2.24) is 0 Å². The van der Waals surface area contributed by atoms with Gasteiger partial charge in [-0.15, -0.1) is 0 Å². The number of ether oxygens (including phenoxy) is 2. The highest BCUT2D eigenvalue weighted by molar-refractivity contribution is 5.83. The molecule has 0 bridgehead atoms. The van der Waals surface area contributed by atoms with E-state index < -0.39 is 5.97 Å². The molecule has 0 atom stereocenters. The first-order valence-electron chi connectivity index (χ1n) is 7.23. The molecule has 0 rings (SSSR count). The summed E-state index contributed by atoms with van der Waals surface area (Å²) in [5.41, 5.74) is 0.285. The van der Waals surface area contributed by atoms with Crippen LogP contribution in [-0.2, 0) is 14.3 Å². The van der Waals surface area contributed by atoms with Crippen LogP contribution >= 0.6 is 0 Å². The van der Waals surface area contributed by atoms with Gasteiger partial charge < -0.3 is 9.47 Å². The van der Waals surface area contributed by atoms with E-state index in [0.717, 1.165) is 0 Å². The maximum atomic E-state index is 11.4. The number of nitriles is 1. The van der Waals surface area contributed by atoms with Gasteiger partial charge in [-0.3, -0.25) is 0 Å². The predicted molar refractivity (Wildman–Crippen MR) is 85.4 cm³/mol. The Kier molecular flexibility index (Phi) is 13.2. The van der Waals surface area contributed by atoms with Gasteiger partial charge in [-0.25, -0.2) is 4.79 Å². The maximum absolute atomic E-state index is 11.4. The molecule has 0 spiro atoms. The number of esters is 1. The molecule has 0 aromatic heterocycles. The van der Waals surface area contributed by atoms with Crippen LogP contribution in [0.25, 0.3) is 0 Å². The molecule has 0 amide bonds. The fourth-order valence-corrected chi connectivity index (χ4v) is 1.20. The second-order valence-corrected chi connectivity index (χ2v) is 4.38. The molecular formula is C17H27NO3. The molecule has 0 aliphatic rings. The van der Waals surface area contributed by atoms with Crippen LogP contribution in [0.2, 0.25) is 0 Å². The Morgan fingerprint density at radius 3 is 1.90 bits per heavy atom. The summed E-state index contributed by atoms with van der Waals surface area (Å²) < 4.78 is 10.5. The van der Waals surface area contributed by atoms with E-state index in [4.69, 9.17) is 14.7 Å². The first-order chi connectivity index (χ1) is 9.90. The molecule has 0 aromatic rings. The van der Waals surface area contributed by atoms with Gasteiger partial charge >= 0.3 is 5.97 Å². The minimum absolute atomic E-state index is 0.0504. The van der Waals surface area contributed by atoms with Gasteiger partial charge in [0.25, 0.3) is 0 Å². The Bertz CT molecular complexity index is 424. The fourth-order valence-electron chi connectivity index (χ4n) is 1.20.